The largest absolute Gasteiger partial charge is 0.342 e. The molecule has 1 aromatic rings. The highest BCUT2D eigenvalue weighted by Gasteiger charge is 2.31. The van der Waals surface area contributed by atoms with Crippen molar-refractivity contribution in [2.75, 3.05) is 13.6 Å². The molecule has 0 saturated heterocycles. The van der Waals surface area contributed by atoms with Crippen LogP contribution in [0.2, 0.25) is 0 Å². The standard InChI is InChI=1S/C15H19NO/c1-12(10-13-6-4-3-5-7-13)11-16(2)15(17)14-8-9-14/h3-7,10,14H,8-9,11H2,1-2H3. The summed E-state index contributed by atoms with van der Waals surface area (Å²) in [5, 5.41) is 0. The molecule has 0 aromatic heterocycles. The lowest BCUT2D eigenvalue weighted by atomic mass is 10.1. The molecule has 0 bridgehead atoms. The van der Waals surface area contributed by atoms with Crippen LogP contribution < -0.4 is 0 Å². The molecular weight excluding hydrogens is 210 g/mol. The number of hydrogen-bond acceptors (Lipinski definition) is 1. The van der Waals surface area contributed by atoms with E-state index < -0.39 is 0 Å². The van der Waals surface area contributed by atoms with Gasteiger partial charge in [-0.05, 0) is 25.3 Å². The molecule has 1 fully saturated rings. The van der Waals surface area contributed by atoms with Gasteiger partial charge in [-0.15, -0.1) is 0 Å². The zero-order valence-corrected chi connectivity index (χ0v) is 10.5. The van der Waals surface area contributed by atoms with Gasteiger partial charge in [-0.25, -0.2) is 0 Å². The highest BCUT2D eigenvalue weighted by molar-refractivity contribution is 5.81. The molecular formula is C15H19NO. The van der Waals surface area contributed by atoms with Crippen LogP contribution >= 0.6 is 0 Å². The minimum atomic E-state index is 0.297. The Bertz CT molecular complexity index is 418. The lowest BCUT2D eigenvalue weighted by Gasteiger charge is -2.17. The van der Waals surface area contributed by atoms with Crippen molar-refractivity contribution in [1.82, 2.24) is 4.90 Å². The SMILES string of the molecule is CC(=Cc1ccccc1)CN(C)C(=O)C1CC1. The molecule has 0 heterocycles. The van der Waals surface area contributed by atoms with Gasteiger partial charge in [0.05, 0.1) is 0 Å². The highest BCUT2D eigenvalue weighted by atomic mass is 16.2. The molecule has 2 nitrogen and oxygen atoms in total. The van der Waals surface area contributed by atoms with Crippen molar-refractivity contribution in [2.45, 2.75) is 19.8 Å². The van der Waals surface area contributed by atoms with Crippen molar-refractivity contribution >= 4 is 12.0 Å². The maximum atomic E-state index is 11.8. The Balaban J connectivity index is 1.94. The molecule has 1 aromatic carbocycles. The van der Waals surface area contributed by atoms with Gasteiger partial charge >= 0.3 is 0 Å². The summed E-state index contributed by atoms with van der Waals surface area (Å²) in [6.07, 6.45) is 4.28. The second kappa shape index (κ2) is 5.17. The van der Waals surface area contributed by atoms with Crippen LogP contribution in [0.3, 0.4) is 0 Å². The van der Waals surface area contributed by atoms with E-state index in [1.54, 1.807) is 0 Å². The van der Waals surface area contributed by atoms with Gasteiger partial charge in [0.25, 0.3) is 0 Å². The predicted octanol–water partition coefficient (Wildman–Crippen LogP) is 2.96. The predicted molar refractivity (Wildman–Crippen MR) is 70.5 cm³/mol. The molecule has 1 aliphatic carbocycles. The lowest BCUT2D eigenvalue weighted by molar-refractivity contribution is -0.130. The van der Waals surface area contributed by atoms with E-state index in [4.69, 9.17) is 0 Å². The monoisotopic (exact) mass is 229 g/mol. The smallest absolute Gasteiger partial charge is 0.225 e. The Morgan fingerprint density at radius 3 is 2.59 bits per heavy atom. The molecule has 1 saturated carbocycles. The first-order valence-electron chi connectivity index (χ1n) is 6.14. The zero-order chi connectivity index (χ0) is 12.3. The van der Waals surface area contributed by atoms with Crippen molar-refractivity contribution in [3.05, 3.63) is 41.5 Å². The number of rotatable bonds is 4. The van der Waals surface area contributed by atoms with Gasteiger partial charge in [0, 0.05) is 19.5 Å². The second-order valence-corrected chi connectivity index (χ2v) is 4.87. The van der Waals surface area contributed by atoms with Gasteiger partial charge in [-0.1, -0.05) is 42.0 Å². The van der Waals surface area contributed by atoms with Gasteiger partial charge in [0.15, 0.2) is 0 Å². The van der Waals surface area contributed by atoms with E-state index in [2.05, 4.69) is 25.1 Å². The summed E-state index contributed by atoms with van der Waals surface area (Å²) in [6.45, 7) is 2.80. The average Bonchev–Trinajstić information content (AvgIpc) is 3.13. The van der Waals surface area contributed by atoms with Crippen molar-refractivity contribution in [3.8, 4) is 0 Å². The van der Waals surface area contributed by atoms with Crippen LogP contribution in [0.25, 0.3) is 6.08 Å². The summed E-state index contributed by atoms with van der Waals surface area (Å²) >= 11 is 0. The molecule has 0 N–H and O–H groups in total. The molecule has 0 radical (unpaired) electrons. The molecule has 0 spiro atoms. The van der Waals surface area contributed by atoms with Crippen LogP contribution in [0.4, 0.5) is 0 Å². The van der Waals surface area contributed by atoms with Crippen molar-refractivity contribution in [1.29, 1.82) is 0 Å². The normalized spacial score (nSPS) is 15.8. The van der Waals surface area contributed by atoms with Crippen molar-refractivity contribution in [2.24, 2.45) is 5.92 Å². The fourth-order valence-corrected chi connectivity index (χ4v) is 1.97. The fraction of sp³-hybridized carbons (Fsp3) is 0.400. The molecule has 17 heavy (non-hydrogen) atoms. The number of nitrogens with zero attached hydrogens (tertiary/aromatic N) is 1. The van der Waals surface area contributed by atoms with E-state index in [0.717, 1.165) is 19.4 Å². The molecule has 1 amide bonds. The van der Waals surface area contributed by atoms with Gasteiger partial charge in [0.2, 0.25) is 5.91 Å². The second-order valence-electron chi connectivity index (χ2n) is 4.87. The van der Waals surface area contributed by atoms with Crippen LogP contribution in [0.15, 0.2) is 35.9 Å². The molecule has 90 valence electrons. The van der Waals surface area contributed by atoms with Crippen LogP contribution in [0.5, 0.6) is 0 Å². The summed E-state index contributed by atoms with van der Waals surface area (Å²) in [5.41, 5.74) is 2.41. The lowest BCUT2D eigenvalue weighted by Crippen LogP contribution is -2.29. The Morgan fingerprint density at radius 1 is 1.35 bits per heavy atom. The number of amides is 1. The Hall–Kier alpha value is -1.57. The van der Waals surface area contributed by atoms with Gasteiger partial charge in [0.1, 0.15) is 0 Å². The van der Waals surface area contributed by atoms with Gasteiger partial charge < -0.3 is 4.90 Å². The fourth-order valence-electron chi connectivity index (χ4n) is 1.97. The first kappa shape index (κ1) is 11.9. The first-order valence-corrected chi connectivity index (χ1v) is 6.14. The summed E-state index contributed by atoms with van der Waals surface area (Å²) in [4.78, 5) is 13.6. The molecule has 2 rings (SSSR count). The van der Waals surface area contributed by atoms with Gasteiger partial charge in [-0.3, -0.25) is 4.79 Å². The number of carbonyl (C=O) groups excluding carboxylic acids is 1. The molecule has 0 unspecified atom stereocenters. The first-order chi connectivity index (χ1) is 8.16. The summed E-state index contributed by atoms with van der Waals surface area (Å²) < 4.78 is 0. The molecule has 0 aliphatic heterocycles. The minimum Gasteiger partial charge on any atom is -0.342 e. The third-order valence-electron chi connectivity index (χ3n) is 3.00. The van der Waals surface area contributed by atoms with Crippen molar-refractivity contribution < 1.29 is 4.79 Å². The third-order valence-corrected chi connectivity index (χ3v) is 3.00. The maximum absolute atomic E-state index is 11.8. The van der Waals surface area contributed by atoms with Crippen LogP contribution in [-0.4, -0.2) is 24.4 Å². The topological polar surface area (TPSA) is 20.3 Å². The molecule has 2 heteroatoms. The quantitative estimate of drug-likeness (QED) is 0.777. The number of likely N-dealkylation sites (N-methyl/N-ethyl adjacent to an activating group) is 1. The summed E-state index contributed by atoms with van der Waals surface area (Å²) in [5.74, 6) is 0.607. The van der Waals surface area contributed by atoms with Crippen molar-refractivity contribution in [3.63, 3.8) is 0 Å². The van der Waals surface area contributed by atoms with E-state index >= 15 is 0 Å². The zero-order valence-electron chi connectivity index (χ0n) is 10.5. The third kappa shape index (κ3) is 3.45. The van der Waals surface area contributed by atoms with Crippen LogP contribution in [-0.2, 0) is 4.79 Å². The highest BCUT2D eigenvalue weighted by Crippen LogP contribution is 2.30. The van der Waals surface area contributed by atoms with E-state index in [0.29, 0.717) is 11.8 Å². The summed E-state index contributed by atoms with van der Waals surface area (Å²) in [6, 6.07) is 10.2. The summed E-state index contributed by atoms with van der Waals surface area (Å²) in [7, 11) is 1.89. The Morgan fingerprint density at radius 2 is 2.00 bits per heavy atom. The molecule has 0 atom stereocenters. The Labute approximate surface area is 103 Å². The Kier molecular flexibility index (Phi) is 3.62. The maximum Gasteiger partial charge on any atom is 0.225 e. The minimum absolute atomic E-state index is 0.297. The number of hydrogen-bond donors (Lipinski definition) is 0. The van der Waals surface area contributed by atoms with Gasteiger partial charge in [-0.2, -0.15) is 0 Å². The number of benzene rings is 1. The van der Waals surface area contributed by atoms with E-state index in [9.17, 15) is 4.79 Å². The van der Waals surface area contributed by atoms with E-state index in [1.807, 2.05) is 30.1 Å². The van der Waals surface area contributed by atoms with Crippen LogP contribution in [0, 0.1) is 5.92 Å². The number of carbonyl (C=O) groups is 1. The van der Waals surface area contributed by atoms with E-state index in [-0.39, 0.29) is 0 Å². The molecule has 1 aliphatic rings. The van der Waals surface area contributed by atoms with Crippen LogP contribution in [0.1, 0.15) is 25.3 Å². The van der Waals surface area contributed by atoms with E-state index in [1.165, 1.54) is 11.1 Å². The average molecular weight is 229 g/mol.